The molecule has 96 valence electrons. The van der Waals surface area contributed by atoms with Gasteiger partial charge in [0.1, 0.15) is 0 Å². The standard InChI is InChI=1S/C14H25N3/c1-3-12-14(15)13(4-2)17(16-12)11-9-7-5-6-8-10-11/h11H,3-10,15H2,1-2H3. The Labute approximate surface area is 104 Å². The van der Waals surface area contributed by atoms with Gasteiger partial charge in [-0.2, -0.15) is 5.10 Å². The molecule has 0 spiro atoms. The molecule has 0 radical (unpaired) electrons. The summed E-state index contributed by atoms with van der Waals surface area (Å²) in [6, 6.07) is 0.593. The van der Waals surface area contributed by atoms with Crippen LogP contribution < -0.4 is 5.73 Å². The Morgan fingerprint density at radius 1 is 1.12 bits per heavy atom. The number of aromatic nitrogens is 2. The van der Waals surface area contributed by atoms with Gasteiger partial charge >= 0.3 is 0 Å². The number of hydrogen-bond donors (Lipinski definition) is 1. The normalized spacial score (nSPS) is 18.2. The van der Waals surface area contributed by atoms with Gasteiger partial charge in [-0.25, -0.2) is 0 Å². The molecule has 1 aliphatic carbocycles. The third kappa shape index (κ3) is 2.48. The largest absolute Gasteiger partial charge is 0.396 e. The second kappa shape index (κ2) is 5.56. The van der Waals surface area contributed by atoms with E-state index in [0.29, 0.717) is 6.04 Å². The molecule has 1 heterocycles. The highest BCUT2D eigenvalue weighted by molar-refractivity contribution is 5.48. The van der Waals surface area contributed by atoms with Crippen LogP contribution in [0.2, 0.25) is 0 Å². The Balaban J connectivity index is 2.29. The maximum atomic E-state index is 6.19. The average molecular weight is 235 g/mol. The fourth-order valence-corrected chi connectivity index (χ4v) is 2.95. The van der Waals surface area contributed by atoms with Crippen LogP contribution in [0.15, 0.2) is 0 Å². The third-order valence-electron chi connectivity index (χ3n) is 3.97. The quantitative estimate of drug-likeness (QED) is 0.815. The van der Waals surface area contributed by atoms with Crippen LogP contribution in [0, 0.1) is 0 Å². The summed E-state index contributed by atoms with van der Waals surface area (Å²) in [5.41, 5.74) is 9.48. The van der Waals surface area contributed by atoms with Crippen LogP contribution >= 0.6 is 0 Å². The van der Waals surface area contributed by atoms with E-state index in [-0.39, 0.29) is 0 Å². The Bertz CT molecular complexity index is 360. The lowest BCUT2D eigenvalue weighted by Crippen LogP contribution is -2.13. The number of nitrogens with two attached hydrogens (primary N) is 1. The van der Waals surface area contributed by atoms with Crippen LogP contribution in [-0.2, 0) is 12.8 Å². The molecule has 1 aliphatic rings. The predicted molar refractivity (Wildman–Crippen MR) is 72.1 cm³/mol. The fourth-order valence-electron chi connectivity index (χ4n) is 2.95. The number of anilines is 1. The molecule has 1 fully saturated rings. The molecular formula is C14H25N3. The van der Waals surface area contributed by atoms with Gasteiger partial charge in [0.2, 0.25) is 0 Å². The molecule has 0 atom stereocenters. The number of nitrogens with zero attached hydrogens (tertiary/aromatic N) is 2. The summed E-state index contributed by atoms with van der Waals surface area (Å²) in [5, 5.41) is 4.76. The first-order valence-corrected chi connectivity index (χ1v) is 7.13. The van der Waals surface area contributed by atoms with E-state index in [1.54, 1.807) is 0 Å². The Morgan fingerprint density at radius 3 is 2.29 bits per heavy atom. The number of rotatable bonds is 3. The van der Waals surface area contributed by atoms with Crippen molar-refractivity contribution in [2.75, 3.05) is 5.73 Å². The van der Waals surface area contributed by atoms with Crippen LogP contribution in [0.3, 0.4) is 0 Å². The summed E-state index contributed by atoms with van der Waals surface area (Å²) >= 11 is 0. The first kappa shape index (κ1) is 12.5. The Hall–Kier alpha value is -0.990. The zero-order chi connectivity index (χ0) is 12.3. The van der Waals surface area contributed by atoms with Crippen molar-refractivity contribution in [3.8, 4) is 0 Å². The maximum Gasteiger partial charge on any atom is 0.0854 e. The molecule has 1 aromatic heterocycles. The first-order chi connectivity index (χ1) is 8.27. The highest BCUT2D eigenvalue weighted by Crippen LogP contribution is 2.30. The van der Waals surface area contributed by atoms with Gasteiger partial charge in [0.15, 0.2) is 0 Å². The van der Waals surface area contributed by atoms with Gasteiger partial charge in [0.05, 0.1) is 23.1 Å². The van der Waals surface area contributed by atoms with Crippen molar-refractivity contribution in [2.24, 2.45) is 0 Å². The highest BCUT2D eigenvalue weighted by Gasteiger charge is 2.20. The van der Waals surface area contributed by atoms with E-state index in [4.69, 9.17) is 10.8 Å². The average Bonchev–Trinajstić information content (AvgIpc) is 2.55. The van der Waals surface area contributed by atoms with Gasteiger partial charge in [-0.3, -0.25) is 4.68 Å². The maximum absolute atomic E-state index is 6.19. The van der Waals surface area contributed by atoms with Crippen LogP contribution in [0.1, 0.15) is 69.8 Å². The summed E-state index contributed by atoms with van der Waals surface area (Å²) in [6.07, 6.45) is 9.94. The minimum absolute atomic E-state index is 0.593. The monoisotopic (exact) mass is 235 g/mol. The second-order valence-electron chi connectivity index (χ2n) is 5.10. The molecule has 0 bridgehead atoms. The molecule has 0 aromatic carbocycles. The van der Waals surface area contributed by atoms with E-state index in [2.05, 4.69) is 18.5 Å². The van der Waals surface area contributed by atoms with Crippen LogP contribution in [-0.4, -0.2) is 9.78 Å². The minimum Gasteiger partial charge on any atom is -0.396 e. The van der Waals surface area contributed by atoms with Crippen LogP contribution in [0.4, 0.5) is 5.69 Å². The molecule has 2 N–H and O–H groups in total. The summed E-state index contributed by atoms with van der Waals surface area (Å²) in [5.74, 6) is 0. The second-order valence-corrected chi connectivity index (χ2v) is 5.10. The highest BCUT2D eigenvalue weighted by atomic mass is 15.3. The van der Waals surface area contributed by atoms with E-state index < -0.39 is 0 Å². The van der Waals surface area contributed by atoms with Gasteiger partial charge in [0, 0.05) is 0 Å². The molecule has 2 rings (SSSR count). The van der Waals surface area contributed by atoms with Gasteiger partial charge in [-0.05, 0) is 25.7 Å². The van der Waals surface area contributed by atoms with Gasteiger partial charge in [0.25, 0.3) is 0 Å². The van der Waals surface area contributed by atoms with Crippen molar-refractivity contribution in [3.05, 3.63) is 11.4 Å². The lowest BCUT2D eigenvalue weighted by Gasteiger charge is -2.17. The first-order valence-electron chi connectivity index (χ1n) is 7.13. The van der Waals surface area contributed by atoms with Gasteiger partial charge in [-0.15, -0.1) is 0 Å². The van der Waals surface area contributed by atoms with Gasteiger partial charge < -0.3 is 5.73 Å². The summed E-state index contributed by atoms with van der Waals surface area (Å²) in [6.45, 7) is 4.32. The Morgan fingerprint density at radius 2 is 1.76 bits per heavy atom. The lowest BCUT2D eigenvalue weighted by molar-refractivity contribution is 0.392. The van der Waals surface area contributed by atoms with E-state index in [0.717, 1.165) is 24.2 Å². The van der Waals surface area contributed by atoms with Crippen molar-refractivity contribution in [1.29, 1.82) is 0 Å². The van der Waals surface area contributed by atoms with E-state index in [9.17, 15) is 0 Å². The summed E-state index contributed by atoms with van der Waals surface area (Å²) in [7, 11) is 0. The molecule has 3 nitrogen and oxygen atoms in total. The molecule has 17 heavy (non-hydrogen) atoms. The molecule has 0 unspecified atom stereocenters. The van der Waals surface area contributed by atoms with Crippen molar-refractivity contribution in [3.63, 3.8) is 0 Å². The van der Waals surface area contributed by atoms with Gasteiger partial charge in [-0.1, -0.05) is 39.5 Å². The minimum atomic E-state index is 0.593. The van der Waals surface area contributed by atoms with Crippen molar-refractivity contribution in [2.45, 2.75) is 71.3 Å². The lowest BCUT2D eigenvalue weighted by atomic mass is 10.1. The molecule has 0 aliphatic heterocycles. The zero-order valence-electron chi connectivity index (χ0n) is 11.2. The van der Waals surface area contributed by atoms with Crippen molar-refractivity contribution in [1.82, 2.24) is 9.78 Å². The summed E-state index contributed by atoms with van der Waals surface area (Å²) in [4.78, 5) is 0. The SMILES string of the molecule is CCc1nn(C2CCCCCC2)c(CC)c1N. The van der Waals surface area contributed by atoms with Crippen molar-refractivity contribution >= 4 is 5.69 Å². The number of hydrogen-bond acceptors (Lipinski definition) is 2. The molecule has 1 saturated carbocycles. The molecule has 3 heteroatoms. The van der Waals surface area contributed by atoms with E-state index in [1.165, 1.54) is 44.2 Å². The third-order valence-corrected chi connectivity index (χ3v) is 3.97. The van der Waals surface area contributed by atoms with Crippen molar-refractivity contribution < 1.29 is 0 Å². The Kier molecular flexibility index (Phi) is 4.08. The zero-order valence-corrected chi connectivity index (χ0v) is 11.2. The fraction of sp³-hybridized carbons (Fsp3) is 0.786. The summed E-state index contributed by atoms with van der Waals surface area (Å²) < 4.78 is 2.25. The van der Waals surface area contributed by atoms with Crippen LogP contribution in [0.25, 0.3) is 0 Å². The smallest absolute Gasteiger partial charge is 0.0854 e. The van der Waals surface area contributed by atoms with Crippen LogP contribution in [0.5, 0.6) is 0 Å². The van der Waals surface area contributed by atoms with E-state index in [1.807, 2.05) is 0 Å². The number of nitrogen functional groups attached to an aromatic ring is 1. The topological polar surface area (TPSA) is 43.8 Å². The molecule has 0 amide bonds. The molecule has 0 saturated heterocycles. The van der Waals surface area contributed by atoms with E-state index >= 15 is 0 Å². The molecular weight excluding hydrogens is 210 g/mol. The number of aryl methyl sites for hydroxylation is 1. The molecule has 1 aromatic rings. The predicted octanol–water partition coefficient (Wildman–Crippen LogP) is 3.49.